The van der Waals surface area contributed by atoms with Gasteiger partial charge in [0.05, 0.1) is 0 Å². The van der Waals surface area contributed by atoms with Crippen LogP contribution in [0.2, 0.25) is 0 Å². The first-order valence-corrected chi connectivity index (χ1v) is 10.4. The van der Waals surface area contributed by atoms with Crippen LogP contribution in [0.4, 0.5) is 0 Å². The number of nitrogens with zero attached hydrogens (tertiary/aromatic N) is 1. The SMILES string of the molecule is CC12CCC(C(CN(O)CC3C(=O)C4(C)CCC3C4(C)C)C1=O)C2(C)C. The minimum Gasteiger partial charge on any atom is -0.314 e. The first-order valence-electron chi connectivity index (χ1n) is 10.4. The number of carbonyl (C=O) groups excluding carboxylic acids is 2. The smallest absolute Gasteiger partial charge is 0.144 e. The minimum absolute atomic E-state index is 0.00725. The fourth-order valence-corrected chi connectivity index (χ4v) is 7.50. The molecule has 0 aliphatic heterocycles. The summed E-state index contributed by atoms with van der Waals surface area (Å²) in [6, 6.07) is 0. The van der Waals surface area contributed by atoms with Crippen molar-refractivity contribution in [2.45, 2.75) is 67.2 Å². The first kappa shape index (κ1) is 18.6. The van der Waals surface area contributed by atoms with Crippen LogP contribution >= 0.6 is 0 Å². The number of rotatable bonds is 4. The molecular formula is C22H35NO3. The van der Waals surface area contributed by atoms with E-state index in [2.05, 4.69) is 41.5 Å². The molecular weight excluding hydrogens is 326 g/mol. The van der Waals surface area contributed by atoms with Gasteiger partial charge in [-0.25, -0.2) is 0 Å². The summed E-state index contributed by atoms with van der Waals surface area (Å²) in [5.74, 6) is 1.16. The number of hydroxylamine groups is 2. The van der Waals surface area contributed by atoms with Crippen molar-refractivity contribution in [1.29, 1.82) is 0 Å². The summed E-state index contributed by atoms with van der Waals surface area (Å²) in [6.45, 7) is 13.9. The molecule has 0 aromatic rings. The molecule has 4 aliphatic rings. The molecule has 4 bridgehead atoms. The molecule has 0 amide bonds. The van der Waals surface area contributed by atoms with Crippen molar-refractivity contribution in [2.24, 2.45) is 45.3 Å². The van der Waals surface area contributed by atoms with E-state index in [0.29, 0.717) is 36.5 Å². The number of hydrogen-bond donors (Lipinski definition) is 1. The molecule has 4 fully saturated rings. The van der Waals surface area contributed by atoms with Gasteiger partial charge in [-0.3, -0.25) is 9.59 Å². The maximum absolute atomic E-state index is 13.0. The van der Waals surface area contributed by atoms with Crippen LogP contribution in [0.5, 0.6) is 0 Å². The third-order valence-electron chi connectivity index (χ3n) is 10.2. The quantitative estimate of drug-likeness (QED) is 0.770. The van der Waals surface area contributed by atoms with Gasteiger partial charge in [-0.05, 0) is 48.3 Å². The van der Waals surface area contributed by atoms with Crippen LogP contribution in [0.1, 0.15) is 67.2 Å². The van der Waals surface area contributed by atoms with E-state index < -0.39 is 0 Å². The number of hydrogen-bond acceptors (Lipinski definition) is 4. The van der Waals surface area contributed by atoms with Gasteiger partial charge in [0.15, 0.2) is 0 Å². The highest BCUT2D eigenvalue weighted by Gasteiger charge is 2.67. The topological polar surface area (TPSA) is 57.6 Å². The molecule has 6 unspecified atom stereocenters. The number of fused-ring (bicyclic) bond motifs is 4. The Morgan fingerprint density at radius 3 is 1.42 bits per heavy atom. The van der Waals surface area contributed by atoms with E-state index in [1.54, 1.807) is 0 Å². The van der Waals surface area contributed by atoms with Gasteiger partial charge in [-0.2, -0.15) is 5.06 Å². The van der Waals surface area contributed by atoms with Gasteiger partial charge < -0.3 is 5.21 Å². The van der Waals surface area contributed by atoms with Crippen LogP contribution in [0.15, 0.2) is 0 Å². The maximum Gasteiger partial charge on any atom is 0.144 e. The summed E-state index contributed by atoms with van der Waals surface area (Å²) >= 11 is 0. The molecule has 1 N–H and O–H groups in total. The molecule has 0 radical (unpaired) electrons. The Balaban J connectivity index is 1.47. The Bertz CT molecular complexity index is 612. The number of ketones is 2. The molecule has 0 saturated heterocycles. The molecule has 0 spiro atoms. The van der Waals surface area contributed by atoms with Crippen LogP contribution in [-0.4, -0.2) is 34.9 Å². The molecule has 0 aromatic heterocycles. The van der Waals surface area contributed by atoms with E-state index in [9.17, 15) is 14.8 Å². The molecule has 4 saturated carbocycles. The molecule has 26 heavy (non-hydrogen) atoms. The Morgan fingerprint density at radius 2 is 1.15 bits per heavy atom. The molecule has 0 heterocycles. The van der Waals surface area contributed by atoms with Crippen molar-refractivity contribution < 1.29 is 14.8 Å². The molecule has 4 rings (SSSR count). The van der Waals surface area contributed by atoms with Gasteiger partial charge in [-0.15, -0.1) is 0 Å². The predicted octanol–water partition coefficient (Wildman–Crippen LogP) is 3.96. The van der Waals surface area contributed by atoms with E-state index in [1.165, 1.54) is 5.06 Å². The van der Waals surface area contributed by atoms with Crippen molar-refractivity contribution in [3.05, 3.63) is 0 Å². The molecule has 146 valence electrons. The Morgan fingerprint density at radius 1 is 0.808 bits per heavy atom. The van der Waals surface area contributed by atoms with Gasteiger partial charge in [0, 0.05) is 35.8 Å². The van der Waals surface area contributed by atoms with Gasteiger partial charge in [0.25, 0.3) is 0 Å². The van der Waals surface area contributed by atoms with Gasteiger partial charge in [0.1, 0.15) is 11.6 Å². The standard InChI is InChI=1S/C22H35NO3/c1-19(2)15-7-9-21(19,5)17(24)13(15)11-23(26)12-14-16-8-10-22(6,18(14)25)20(16,3)4/h13-16,26H,7-12H2,1-6H3. The lowest BCUT2D eigenvalue weighted by Crippen LogP contribution is -2.42. The highest BCUT2D eigenvalue weighted by Crippen LogP contribution is 2.67. The first-order chi connectivity index (χ1) is 11.9. The second-order valence-electron chi connectivity index (χ2n) is 11.2. The zero-order valence-corrected chi connectivity index (χ0v) is 17.3. The Kier molecular flexibility index (Phi) is 3.72. The van der Waals surface area contributed by atoms with Crippen molar-refractivity contribution in [3.63, 3.8) is 0 Å². The van der Waals surface area contributed by atoms with Crippen LogP contribution in [0.3, 0.4) is 0 Å². The summed E-state index contributed by atoms with van der Waals surface area (Å²) in [5, 5.41) is 12.0. The highest BCUT2D eigenvalue weighted by atomic mass is 16.5. The van der Waals surface area contributed by atoms with E-state index in [1.807, 2.05) is 0 Å². The summed E-state index contributed by atoms with van der Waals surface area (Å²) < 4.78 is 0. The van der Waals surface area contributed by atoms with E-state index in [0.717, 1.165) is 25.7 Å². The van der Waals surface area contributed by atoms with Gasteiger partial charge >= 0.3 is 0 Å². The average molecular weight is 362 g/mol. The number of Topliss-reactive ketones (excluding diaryl/α,β-unsaturated/α-hetero) is 2. The highest BCUT2D eigenvalue weighted by molar-refractivity contribution is 5.92. The summed E-state index contributed by atoms with van der Waals surface area (Å²) in [4.78, 5) is 26.0. The molecule has 4 heteroatoms. The van der Waals surface area contributed by atoms with E-state index in [-0.39, 0.29) is 33.5 Å². The second-order valence-corrected chi connectivity index (χ2v) is 11.2. The van der Waals surface area contributed by atoms with Crippen LogP contribution < -0.4 is 0 Å². The third kappa shape index (κ3) is 1.93. The van der Waals surface area contributed by atoms with E-state index in [4.69, 9.17) is 0 Å². The van der Waals surface area contributed by atoms with Crippen LogP contribution in [-0.2, 0) is 9.59 Å². The molecule has 6 atom stereocenters. The molecule has 4 aliphatic carbocycles. The van der Waals surface area contributed by atoms with Crippen LogP contribution in [0, 0.1) is 45.3 Å². The van der Waals surface area contributed by atoms with Crippen molar-refractivity contribution >= 4 is 11.6 Å². The minimum atomic E-state index is -0.249. The second kappa shape index (κ2) is 5.20. The zero-order chi connectivity index (χ0) is 19.3. The lowest BCUT2D eigenvalue weighted by Gasteiger charge is -2.32. The van der Waals surface area contributed by atoms with Gasteiger partial charge in [0.2, 0.25) is 0 Å². The summed E-state index contributed by atoms with van der Waals surface area (Å²) in [6.07, 6.45) is 4.09. The van der Waals surface area contributed by atoms with Crippen molar-refractivity contribution in [3.8, 4) is 0 Å². The average Bonchev–Trinajstić information content (AvgIpc) is 3.02. The van der Waals surface area contributed by atoms with E-state index >= 15 is 0 Å². The van der Waals surface area contributed by atoms with Crippen LogP contribution in [0.25, 0.3) is 0 Å². The monoisotopic (exact) mass is 361 g/mol. The lowest BCUT2D eigenvalue weighted by atomic mass is 9.70. The van der Waals surface area contributed by atoms with Crippen molar-refractivity contribution in [2.75, 3.05) is 13.1 Å². The van der Waals surface area contributed by atoms with Crippen molar-refractivity contribution in [1.82, 2.24) is 5.06 Å². The molecule has 4 nitrogen and oxygen atoms in total. The Hall–Kier alpha value is -0.740. The normalized spacial score (nSPS) is 48.2. The summed E-state index contributed by atoms with van der Waals surface area (Å²) in [7, 11) is 0. The fourth-order valence-electron chi connectivity index (χ4n) is 7.50. The zero-order valence-electron chi connectivity index (χ0n) is 17.3. The lowest BCUT2D eigenvalue weighted by molar-refractivity contribution is -0.148. The molecule has 0 aromatic carbocycles. The third-order valence-corrected chi connectivity index (χ3v) is 10.2. The number of carbonyl (C=O) groups is 2. The fraction of sp³-hybridized carbons (Fsp3) is 0.909. The van der Waals surface area contributed by atoms with Gasteiger partial charge in [-0.1, -0.05) is 41.5 Å². The summed E-state index contributed by atoms with van der Waals surface area (Å²) in [5.41, 5.74) is -0.484. The largest absolute Gasteiger partial charge is 0.314 e. The Labute approximate surface area is 157 Å². The maximum atomic E-state index is 13.0. The predicted molar refractivity (Wildman–Crippen MR) is 99.6 cm³/mol.